The number of methoxy groups -OCH3 is 1. The number of pyridine rings is 2. The molecule has 0 radical (unpaired) electrons. The monoisotopic (exact) mass is 452 g/mol. The van der Waals surface area contributed by atoms with Crippen molar-refractivity contribution in [3.05, 3.63) is 48.4 Å². The van der Waals surface area contributed by atoms with E-state index in [0.29, 0.717) is 40.9 Å². The molecule has 1 N–H and O–H groups in total. The van der Waals surface area contributed by atoms with Gasteiger partial charge in [0.15, 0.2) is 5.69 Å². The molecule has 0 saturated heterocycles. The molecule has 0 aliphatic carbocycles. The fraction of sp³-hybridized carbons (Fsp3) is 0.348. The van der Waals surface area contributed by atoms with Gasteiger partial charge in [0.1, 0.15) is 11.4 Å². The van der Waals surface area contributed by atoms with E-state index >= 15 is 0 Å². The fourth-order valence-corrected chi connectivity index (χ4v) is 2.87. The van der Waals surface area contributed by atoms with Gasteiger partial charge in [0.2, 0.25) is 5.88 Å². The van der Waals surface area contributed by atoms with E-state index in [1.807, 2.05) is 6.92 Å². The molecule has 33 heavy (non-hydrogen) atoms. The largest absolute Gasteiger partial charge is 0.481 e. The molecule has 0 spiro atoms. The summed E-state index contributed by atoms with van der Waals surface area (Å²) < 4.78 is 12.0. The summed E-state index contributed by atoms with van der Waals surface area (Å²) in [7, 11) is 3.26. The first-order chi connectivity index (χ1) is 15.6. The summed E-state index contributed by atoms with van der Waals surface area (Å²) in [6, 6.07) is 8.65. The predicted octanol–water partition coefficient (Wildman–Crippen LogP) is 3.78. The molecule has 3 aromatic rings. The third-order valence-electron chi connectivity index (χ3n) is 4.61. The maximum atomic E-state index is 12.7. The molecule has 0 atom stereocenters. The van der Waals surface area contributed by atoms with Crippen LogP contribution in [-0.4, -0.2) is 63.0 Å². The summed E-state index contributed by atoms with van der Waals surface area (Å²) in [6.07, 6.45) is 2.61. The molecule has 0 fully saturated rings. The van der Waals surface area contributed by atoms with Gasteiger partial charge in [-0.15, -0.1) is 0 Å². The number of amides is 2. The van der Waals surface area contributed by atoms with Crippen molar-refractivity contribution in [3.63, 3.8) is 0 Å². The second kappa shape index (κ2) is 9.68. The number of aromatic nitrogens is 4. The van der Waals surface area contributed by atoms with Crippen molar-refractivity contribution in [2.75, 3.05) is 26.0 Å². The van der Waals surface area contributed by atoms with Gasteiger partial charge in [-0.1, -0.05) is 0 Å². The zero-order chi connectivity index (χ0) is 24.2. The van der Waals surface area contributed by atoms with Gasteiger partial charge in [-0.25, -0.2) is 19.4 Å². The lowest BCUT2D eigenvalue weighted by Crippen LogP contribution is -2.27. The number of hydrogen-bond acceptors (Lipinski definition) is 7. The molecular formula is C23H28N6O4. The molecule has 10 nitrogen and oxygen atoms in total. The van der Waals surface area contributed by atoms with E-state index < -0.39 is 11.7 Å². The van der Waals surface area contributed by atoms with Crippen molar-refractivity contribution in [2.24, 2.45) is 0 Å². The van der Waals surface area contributed by atoms with Crippen LogP contribution in [0.25, 0.3) is 16.9 Å². The minimum Gasteiger partial charge on any atom is -0.481 e. The molecular weight excluding hydrogens is 424 g/mol. The molecule has 0 bridgehead atoms. The summed E-state index contributed by atoms with van der Waals surface area (Å²) in [5, 5.41) is 7.12. The molecule has 0 aliphatic heterocycles. The Balaban J connectivity index is 1.95. The third kappa shape index (κ3) is 5.85. The van der Waals surface area contributed by atoms with E-state index in [1.54, 1.807) is 80.1 Å². The van der Waals surface area contributed by atoms with E-state index in [2.05, 4.69) is 20.4 Å². The topological polar surface area (TPSA) is 111 Å². The standard InChI is InChI=1S/C23H28N6O4/c1-7-28(5)21(30)17-12-18(29(27-17)16-9-11-20(32-6)25-14-16)15-8-10-19(24-13-15)26-22(31)33-23(2,3)4/h8-14H,7H2,1-6H3,(H,24,26,31). The van der Waals surface area contributed by atoms with Crippen LogP contribution >= 0.6 is 0 Å². The van der Waals surface area contributed by atoms with E-state index in [4.69, 9.17) is 9.47 Å². The minimum atomic E-state index is -0.614. The van der Waals surface area contributed by atoms with Crippen molar-refractivity contribution in [1.82, 2.24) is 24.6 Å². The lowest BCUT2D eigenvalue weighted by Gasteiger charge is -2.19. The van der Waals surface area contributed by atoms with Gasteiger partial charge >= 0.3 is 6.09 Å². The van der Waals surface area contributed by atoms with Gasteiger partial charge < -0.3 is 14.4 Å². The minimum absolute atomic E-state index is 0.199. The van der Waals surface area contributed by atoms with E-state index in [0.717, 1.165) is 0 Å². The number of nitrogens with zero attached hydrogens (tertiary/aromatic N) is 5. The van der Waals surface area contributed by atoms with Crippen LogP contribution in [0.5, 0.6) is 5.88 Å². The molecule has 3 heterocycles. The van der Waals surface area contributed by atoms with Crippen molar-refractivity contribution in [1.29, 1.82) is 0 Å². The van der Waals surface area contributed by atoms with Crippen LogP contribution < -0.4 is 10.1 Å². The number of carbonyl (C=O) groups excluding carboxylic acids is 2. The lowest BCUT2D eigenvalue weighted by molar-refractivity contribution is 0.0635. The first kappa shape index (κ1) is 23.7. The molecule has 3 rings (SSSR count). The van der Waals surface area contributed by atoms with Crippen LogP contribution in [0.4, 0.5) is 10.6 Å². The summed E-state index contributed by atoms with van der Waals surface area (Å²) in [5.41, 5.74) is 1.68. The van der Waals surface area contributed by atoms with Gasteiger partial charge in [0, 0.05) is 31.4 Å². The zero-order valence-corrected chi connectivity index (χ0v) is 19.6. The van der Waals surface area contributed by atoms with E-state index in [-0.39, 0.29) is 5.91 Å². The van der Waals surface area contributed by atoms with Crippen LogP contribution in [0.1, 0.15) is 38.2 Å². The van der Waals surface area contributed by atoms with Crippen LogP contribution in [0.15, 0.2) is 42.7 Å². The number of nitrogens with one attached hydrogen (secondary N) is 1. The average Bonchev–Trinajstić information content (AvgIpc) is 3.22. The Kier molecular flexibility index (Phi) is 6.95. The number of ether oxygens (including phenoxy) is 2. The second-order valence-corrected chi connectivity index (χ2v) is 8.26. The highest BCUT2D eigenvalue weighted by atomic mass is 16.6. The molecule has 3 aromatic heterocycles. The van der Waals surface area contributed by atoms with Crippen LogP contribution in [0.2, 0.25) is 0 Å². The number of rotatable bonds is 6. The molecule has 174 valence electrons. The maximum absolute atomic E-state index is 12.7. The highest BCUT2D eigenvalue weighted by molar-refractivity contribution is 5.93. The highest BCUT2D eigenvalue weighted by Crippen LogP contribution is 2.25. The van der Waals surface area contributed by atoms with Crippen molar-refractivity contribution < 1.29 is 19.1 Å². The van der Waals surface area contributed by atoms with Crippen molar-refractivity contribution in [3.8, 4) is 22.8 Å². The first-order valence-electron chi connectivity index (χ1n) is 10.4. The highest BCUT2D eigenvalue weighted by Gasteiger charge is 2.20. The molecule has 2 amide bonds. The zero-order valence-electron chi connectivity index (χ0n) is 19.6. The summed E-state index contributed by atoms with van der Waals surface area (Å²) >= 11 is 0. The first-order valence-corrected chi connectivity index (χ1v) is 10.4. The summed E-state index contributed by atoms with van der Waals surface area (Å²) in [6.45, 7) is 7.80. The Hall–Kier alpha value is -3.95. The Bertz CT molecular complexity index is 1120. The molecule has 0 saturated carbocycles. The Morgan fingerprint density at radius 3 is 2.42 bits per heavy atom. The van der Waals surface area contributed by atoms with Crippen LogP contribution in [0.3, 0.4) is 0 Å². The fourth-order valence-electron chi connectivity index (χ4n) is 2.87. The smallest absolute Gasteiger partial charge is 0.413 e. The SMILES string of the molecule is CCN(C)C(=O)c1cc(-c2ccc(NC(=O)OC(C)(C)C)nc2)n(-c2ccc(OC)nc2)n1. The number of anilines is 1. The average molecular weight is 453 g/mol. The third-order valence-corrected chi connectivity index (χ3v) is 4.61. The van der Waals surface area contributed by atoms with Crippen molar-refractivity contribution >= 4 is 17.8 Å². The second-order valence-electron chi connectivity index (χ2n) is 8.26. The maximum Gasteiger partial charge on any atom is 0.413 e. The molecule has 0 aromatic carbocycles. The summed E-state index contributed by atoms with van der Waals surface area (Å²) in [4.78, 5) is 34.9. The van der Waals surface area contributed by atoms with Gasteiger partial charge in [0.05, 0.1) is 24.7 Å². The molecule has 10 heteroatoms. The van der Waals surface area contributed by atoms with E-state index in [1.165, 1.54) is 7.11 Å². The van der Waals surface area contributed by atoms with Gasteiger partial charge in [-0.2, -0.15) is 5.10 Å². The normalized spacial score (nSPS) is 11.1. The molecule has 0 aliphatic rings. The predicted molar refractivity (Wildman–Crippen MR) is 124 cm³/mol. The quantitative estimate of drug-likeness (QED) is 0.606. The van der Waals surface area contributed by atoms with Crippen LogP contribution in [-0.2, 0) is 4.74 Å². The van der Waals surface area contributed by atoms with Crippen molar-refractivity contribution in [2.45, 2.75) is 33.3 Å². The Morgan fingerprint density at radius 2 is 1.88 bits per heavy atom. The van der Waals surface area contributed by atoms with Gasteiger partial charge in [-0.05, 0) is 52.0 Å². The Morgan fingerprint density at radius 1 is 1.12 bits per heavy atom. The van der Waals surface area contributed by atoms with Crippen LogP contribution in [0, 0.1) is 0 Å². The van der Waals surface area contributed by atoms with E-state index in [9.17, 15) is 9.59 Å². The molecule has 0 unspecified atom stereocenters. The number of carbonyl (C=O) groups is 2. The lowest BCUT2D eigenvalue weighted by atomic mass is 10.2. The summed E-state index contributed by atoms with van der Waals surface area (Å²) in [5.74, 6) is 0.607. The van der Waals surface area contributed by atoms with Gasteiger partial charge in [0.25, 0.3) is 5.91 Å². The Labute approximate surface area is 192 Å². The van der Waals surface area contributed by atoms with Gasteiger partial charge in [-0.3, -0.25) is 10.1 Å². The number of hydrogen-bond donors (Lipinski definition) is 1.